The number of hydrogen-bond donors (Lipinski definition) is 3. The summed E-state index contributed by atoms with van der Waals surface area (Å²) >= 11 is 0. The van der Waals surface area contributed by atoms with Gasteiger partial charge in [-0.05, 0) is 44.4 Å². The predicted molar refractivity (Wildman–Crippen MR) is 79.1 cm³/mol. The summed E-state index contributed by atoms with van der Waals surface area (Å²) in [4.78, 5) is 23.8. The van der Waals surface area contributed by atoms with Crippen molar-refractivity contribution >= 4 is 23.2 Å². The van der Waals surface area contributed by atoms with Gasteiger partial charge in [-0.25, -0.2) is 0 Å². The quantitative estimate of drug-likeness (QED) is 0.768. The number of nitrogens with two attached hydrogens (primary N) is 1. The Hall–Kier alpha value is -2.08. The molecular formula is C15H19N3O3. The van der Waals surface area contributed by atoms with E-state index in [1.54, 1.807) is 25.1 Å². The van der Waals surface area contributed by atoms with Crippen molar-refractivity contribution in [3.05, 3.63) is 18.2 Å². The fourth-order valence-electron chi connectivity index (χ4n) is 2.79. The van der Waals surface area contributed by atoms with Crippen LogP contribution in [0.25, 0.3) is 0 Å². The lowest BCUT2D eigenvalue weighted by molar-refractivity contribution is -0.122. The largest absolute Gasteiger partial charge is 0.479 e. The minimum absolute atomic E-state index is 0.0145. The smallest absolute Gasteiger partial charge is 0.265 e. The maximum Gasteiger partial charge on any atom is 0.265 e. The average Bonchev–Trinajstić information content (AvgIpc) is 2.87. The highest BCUT2D eigenvalue weighted by Crippen LogP contribution is 2.33. The van der Waals surface area contributed by atoms with E-state index in [2.05, 4.69) is 10.6 Å². The minimum atomic E-state index is -0.502. The minimum Gasteiger partial charge on any atom is -0.479 e. The first-order chi connectivity index (χ1) is 10.0. The van der Waals surface area contributed by atoms with Crippen LogP contribution in [0.5, 0.6) is 5.75 Å². The number of amides is 2. The van der Waals surface area contributed by atoms with Crippen molar-refractivity contribution in [2.75, 3.05) is 10.6 Å². The van der Waals surface area contributed by atoms with Crippen molar-refractivity contribution in [3.63, 3.8) is 0 Å². The lowest BCUT2D eigenvalue weighted by Crippen LogP contribution is -2.34. The van der Waals surface area contributed by atoms with Crippen LogP contribution < -0.4 is 21.1 Å². The first-order valence-corrected chi connectivity index (χ1v) is 7.21. The maximum absolute atomic E-state index is 12.2. The van der Waals surface area contributed by atoms with Gasteiger partial charge in [-0.1, -0.05) is 0 Å². The summed E-state index contributed by atoms with van der Waals surface area (Å²) in [7, 11) is 0. The van der Waals surface area contributed by atoms with Gasteiger partial charge in [0.2, 0.25) is 5.91 Å². The number of fused-ring (bicyclic) bond motifs is 1. The Morgan fingerprint density at radius 2 is 2.24 bits per heavy atom. The lowest BCUT2D eigenvalue weighted by Gasteiger charge is -2.23. The Balaban J connectivity index is 1.71. The van der Waals surface area contributed by atoms with Crippen LogP contribution in [0.4, 0.5) is 11.4 Å². The number of nitrogens with one attached hydrogen (secondary N) is 2. The Morgan fingerprint density at radius 3 is 2.95 bits per heavy atom. The van der Waals surface area contributed by atoms with Gasteiger partial charge < -0.3 is 21.1 Å². The molecule has 0 bridgehead atoms. The summed E-state index contributed by atoms with van der Waals surface area (Å²) in [6, 6.07) is 5.36. The summed E-state index contributed by atoms with van der Waals surface area (Å²) < 4.78 is 5.48. The monoisotopic (exact) mass is 289 g/mol. The van der Waals surface area contributed by atoms with Crippen molar-refractivity contribution < 1.29 is 14.3 Å². The normalized spacial score (nSPS) is 27.5. The third kappa shape index (κ3) is 2.85. The molecule has 0 saturated heterocycles. The number of ether oxygens (including phenoxy) is 1. The number of benzene rings is 1. The molecule has 6 heteroatoms. The molecule has 3 rings (SSSR count). The number of anilines is 2. The Bertz CT molecular complexity index is 588. The molecule has 3 unspecified atom stereocenters. The standard InChI is InChI=1S/C15H19N3O3/c1-8-14(19)18-12-7-11(4-5-13(12)21-8)17-15(20)9-2-3-10(16)6-9/h4-5,7-10H,2-3,6,16H2,1H3,(H,17,20)(H,18,19). The molecule has 1 fully saturated rings. The van der Waals surface area contributed by atoms with E-state index in [1.165, 1.54) is 0 Å². The van der Waals surface area contributed by atoms with E-state index in [0.717, 1.165) is 19.3 Å². The number of rotatable bonds is 2. The predicted octanol–water partition coefficient (Wildman–Crippen LogP) is 1.47. The van der Waals surface area contributed by atoms with Crippen LogP contribution in [0.2, 0.25) is 0 Å². The molecule has 3 atom stereocenters. The molecule has 0 radical (unpaired) electrons. The zero-order valence-electron chi connectivity index (χ0n) is 11.9. The number of carbonyl (C=O) groups is 2. The topological polar surface area (TPSA) is 93.4 Å². The molecule has 1 aliphatic heterocycles. The molecule has 1 aromatic carbocycles. The van der Waals surface area contributed by atoms with Gasteiger partial charge in [-0.3, -0.25) is 9.59 Å². The molecule has 1 aromatic rings. The van der Waals surface area contributed by atoms with Crippen LogP contribution in [-0.4, -0.2) is 24.0 Å². The second-order valence-electron chi connectivity index (χ2n) is 5.72. The van der Waals surface area contributed by atoms with E-state index < -0.39 is 6.10 Å². The summed E-state index contributed by atoms with van der Waals surface area (Å²) in [5.41, 5.74) is 7.06. The fraction of sp³-hybridized carbons (Fsp3) is 0.467. The van der Waals surface area contributed by atoms with Gasteiger partial charge in [-0.2, -0.15) is 0 Å². The number of hydrogen-bond acceptors (Lipinski definition) is 4. The average molecular weight is 289 g/mol. The second kappa shape index (κ2) is 5.37. The van der Waals surface area contributed by atoms with Gasteiger partial charge in [0.05, 0.1) is 5.69 Å². The van der Waals surface area contributed by atoms with Crippen LogP contribution in [0.1, 0.15) is 26.2 Å². The number of carbonyl (C=O) groups excluding carboxylic acids is 2. The summed E-state index contributed by atoms with van der Waals surface area (Å²) in [6.45, 7) is 1.69. The van der Waals surface area contributed by atoms with Crippen molar-refractivity contribution in [1.82, 2.24) is 0 Å². The molecule has 21 heavy (non-hydrogen) atoms. The van der Waals surface area contributed by atoms with Crippen LogP contribution in [-0.2, 0) is 9.59 Å². The van der Waals surface area contributed by atoms with Crippen molar-refractivity contribution in [2.24, 2.45) is 11.7 Å². The summed E-state index contributed by atoms with van der Waals surface area (Å²) in [5.74, 6) is 0.386. The first-order valence-electron chi connectivity index (χ1n) is 7.21. The molecule has 0 aromatic heterocycles. The highest BCUT2D eigenvalue weighted by molar-refractivity contribution is 5.99. The van der Waals surface area contributed by atoms with Crippen molar-refractivity contribution in [1.29, 1.82) is 0 Å². The van der Waals surface area contributed by atoms with E-state index in [9.17, 15) is 9.59 Å². The van der Waals surface area contributed by atoms with Crippen LogP contribution in [0.15, 0.2) is 18.2 Å². The molecule has 1 saturated carbocycles. The molecule has 1 aliphatic carbocycles. The third-order valence-electron chi connectivity index (χ3n) is 4.02. The zero-order valence-corrected chi connectivity index (χ0v) is 11.9. The maximum atomic E-state index is 12.2. The SMILES string of the molecule is CC1Oc2ccc(NC(=O)C3CCC(N)C3)cc2NC1=O. The Morgan fingerprint density at radius 1 is 1.43 bits per heavy atom. The van der Waals surface area contributed by atoms with E-state index in [-0.39, 0.29) is 23.8 Å². The van der Waals surface area contributed by atoms with Gasteiger partial charge in [0.1, 0.15) is 5.75 Å². The highest BCUT2D eigenvalue weighted by atomic mass is 16.5. The molecule has 112 valence electrons. The molecule has 2 amide bonds. The lowest BCUT2D eigenvalue weighted by atomic mass is 10.1. The molecule has 1 heterocycles. The van der Waals surface area contributed by atoms with Crippen LogP contribution >= 0.6 is 0 Å². The van der Waals surface area contributed by atoms with E-state index >= 15 is 0 Å². The van der Waals surface area contributed by atoms with Gasteiger partial charge in [0.25, 0.3) is 5.91 Å². The fourth-order valence-corrected chi connectivity index (χ4v) is 2.79. The Labute approximate surface area is 123 Å². The highest BCUT2D eigenvalue weighted by Gasteiger charge is 2.28. The van der Waals surface area contributed by atoms with Gasteiger partial charge >= 0.3 is 0 Å². The van der Waals surface area contributed by atoms with Gasteiger partial charge in [-0.15, -0.1) is 0 Å². The van der Waals surface area contributed by atoms with Crippen LogP contribution in [0.3, 0.4) is 0 Å². The molecular weight excluding hydrogens is 270 g/mol. The molecule has 6 nitrogen and oxygen atoms in total. The first kappa shape index (κ1) is 13.9. The van der Waals surface area contributed by atoms with Crippen molar-refractivity contribution in [2.45, 2.75) is 38.3 Å². The van der Waals surface area contributed by atoms with Gasteiger partial charge in [0, 0.05) is 17.6 Å². The van der Waals surface area contributed by atoms with Crippen molar-refractivity contribution in [3.8, 4) is 5.75 Å². The summed E-state index contributed by atoms with van der Waals surface area (Å²) in [6.07, 6.45) is 1.95. The van der Waals surface area contributed by atoms with Crippen LogP contribution in [0, 0.1) is 5.92 Å². The van der Waals surface area contributed by atoms with Gasteiger partial charge in [0.15, 0.2) is 6.10 Å². The second-order valence-corrected chi connectivity index (χ2v) is 5.72. The van der Waals surface area contributed by atoms with E-state index in [0.29, 0.717) is 17.1 Å². The molecule has 2 aliphatic rings. The molecule has 0 spiro atoms. The summed E-state index contributed by atoms with van der Waals surface area (Å²) in [5, 5.41) is 5.64. The molecule has 4 N–H and O–H groups in total. The van der Waals surface area contributed by atoms with E-state index in [4.69, 9.17) is 10.5 Å². The van der Waals surface area contributed by atoms with E-state index in [1.807, 2.05) is 0 Å². The third-order valence-corrected chi connectivity index (χ3v) is 4.02. The Kier molecular flexibility index (Phi) is 3.55. The zero-order chi connectivity index (χ0) is 15.0.